The maximum atomic E-state index is 5.72. The zero-order valence-corrected chi connectivity index (χ0v) is 8.35. The van der Waals surface area contributed by atoms with Crippen LogP contribution in [0.3, 0.4) is 0 Å². The van der Waals surface area contributed by atoms with Crippen molar-refractivity contribution in [2.75, 3.05) is 0 Å². The third-order valence-corrected chi connectivity index (χ3v) is 2.23. The van der Waals surface area contributed by atoms with E-state index in [9.17, 15) is 0 Å². The number of hydrogen-bond donors (Lipinski definition) is 1. The van der Waals surface area contributed by atoms with Crippen molar-refractivity contribution >= 4 is 15.9 Å². The Hall–Kier alpha value is -0.500. The topological polar surface area (TPSA) is 26.0 Å². The zero-order valence-electron chi connectivity index (χ0n) is 6.76. The van der Waals surface area contributed by atoms with Gasteiger partial charge in [0.05, 0.1) is 4.32 Å². The van der Waals surface area contributed by atoms with E-state index in [1.165, 1.54) is 0 Å². The average Bonchev–Trinajstić information content (AvgIpc) is 2.03. The molecule has 1 unspecified atom stereocenters. The first kappa shape index (κ1) is 8.60. The molecule has 1 atom stereocenters. The molecule has 0 fully saturated rings. The molecule has 1 rings (SSSR count). The fourth-order valence-electron chi connectivity index (χ4n) is 0.824. The predicted octanol–water partition coefficient (Wildman–Crippen LogP) is 2.50. The maximum absolute atomic E-state index is 5.72. The highest BCUT2D eigenvalue weighted by Crippen LogP contribution is 2.24. The first-order valence-corrected chi connectivity index (χ1v) is 4.34. The third-order valence-electron chi connectivity index (χ3n) is 1.70. The van der Waals surface area contributed by atoms with Gasteiger partial charge in [-0.1, -0.05) is 34.2 Å². The van der Waals surface area contributed by atoms with Crippen LogP contribution in [0.4, 0.5) is 0 Å². The van der Waals surface area contributed by atoms with Gasteiger partial charge in [0, 0.05) is 5.70 Å². The summed E-state index contributed by atoms with van der Waals surface area (Å²) in [6.45, 7) is 4.08. The largest absolute Gasteiger partial charge is 0.399 e. The van der Waals surface area contributed by atoms with Crippen LogP contribution in [-0.2, 0) is 0 Å². The van der Waals surface area contributed by atoms with Crippen molar-refractivity contribution in [1.82, 2.24) is 0 Å². The molecule has 0 radical (unpaired) electrons. The van der Waals surface area contributed by atoms with Gasteiger partial charge in [-0.2, -0.15) is 0 Å². The van der Waals surface area contributed by atoms with Gasteiger partial charge in [-0.3, -0.25) is 0 Å². The summed E-state index contributed by atoms with van der Waals surface area (Å²) in [5.41, 5.74) is 7.67. The van der Waals surface area contributed by atoms with Crippen LogP contribution < -0.4 is 5.73 Å². The number of nitrogens with two attached hydrogens (primary N) is 1. The fraction of sp³-hybridized carbons (Fsp3) is 0.333. The lowest BCUT2D eigenvalue weighted by atomic mass is 10.1. The van der Waals surface area contributed by atoms with Gasteiger partial charge in [-0.05, 0) is 25.5 Å². The van der Waals surface area contributed by atoms with E-state index in [4.69, 9.17) is 5.73 Å². The van der Waals surface area contributed by atoms with Crippen molar-refractivity contribution < 1.29 is 0 Å². The number of hydrogen-bond acceptors (Lipinski definition) is 1. The lowest BCUT2D eigenvalue weighted by molar-refractivity contribution is 1.03. The van der Waals surface area contributed by atoms with E-state index in [1.807, 2.05) is 25.2 Å². The second kappa shape index (κ2) is 2.86. The molecule has 0 saturated heterocycles. The smallest absolute Gasteiger partial charge is 0.0595 e. The highest BCUT2D eigenvalue weighted by atomic mass is 79.9. The Morgan fingerprint density at radius 2 is 1.91 bits per heavy atom. The minimum atomic E-state index is -0.0462. The van der Waals surface area contributed by atoms with Gasteiger partial charge in [0.15, 0.2) is 0 Å². The van der Waals surface area contributed by atoms with Crippen LogP contribution in [0.2, 0.25) is 0 Å². The lowest BCUT2D eigenvalue weighted by Crippen LogP contribution is -2.05. The van der Waals surface area contributed by atoms with Crippen molar-refractivity contribution in [3.05, 3.63) is 35.6 Å². The van der Waals surface area contributed by atoms with Crippen LogP contribution in [0.1, 0.15) is 13.8 Å². The van der Waals surface area contributed by atoms with E-state index in [0.717, 1.165) is 11.3 Å². The summed E-state index contributed by atoms with van der Waals surface area (Å²) in [7, 11) is 0. The van der Waals surface area contributed by atoms with Crippen LogP contribution >= 0.6 is 15.9 Å². The Bertz CT molecular complexity index is 222. The van der Waals surface area contributed by atoms with Crippen LogP contribution in [0.15, 0.2) is 35.6 Å². The molecule has 0 aromatic rings. The second-order valence-electron chi connectivity index (χ2n) is 2.96. The number of rotatable bonds is 0. The quantitative estimate of drug-likeness (QED) is 0.616. The average molecular weight is 214 g/mol. The van der Waals surface area contributed by atoms with Gasteiger partial charge >= 0.3 is 0 Å². The van der Waals surface area contributed by atoms with Crippen LogP contribution in [0, 0.1) is 0 Å². The highest BCUT2D eigenvalue weighted by molar-refractivity contribution is 9.10. The summed E-state index contributed by atoms with van der Waals surface area (Å²) in [5, 5.41) is 0. The van der Waals surface area contributed by atoms with Crippen LogP contribution in [-0.4, -0.2) is 4.32 Å². The number of halogens is 1. The van der Waals surface area contributed by atoms with Crippen molar-refractivity contribution in [2.45, 2.75) is 18.2 Å². The molecule has 2 N–H and O–H groups in total. The molecule has 0 spiro atoms. The predicted molar refractivity (Wildman–Crippen MR) is 52.5 cm³/mol. The summed E-state index contributed by atoms with van der Waals surface area (Å²) >= 11 is 3.54. The van der Waals surface area contributed by atoms with E-state index in [-0.39, 0.29) is 4.32 Å². The lowest BCUT2D eigenvalue weighted by Gasteiger charge is -2.09. The molecule has 2 heteroatoms. The Balaban J connectivity index is 3.01. The molecule has 0 aromatic carbocycles. The van der Waals surface area contributed by atoms with E-state index in [1.54, 1.807) is 0 Å². The summed E-state index contributed by atoms with van der Waals surface area (Å²) in [6.07, 6.45) is 8.09. The monoisotopic (exact) mass is 213 g/mol. The number of allylic oxidation sites excluding steroid dienone is 5. The molecule has 0 heterocycles. The fourth-order valence-corrected chi connectivity index (χ4v) is 1.09. The van der Waals surface area contributed by atoms with Crippen molar-refractivity contribution in [3.63, 3.8) is 0 Å². The molecule has 1 aliphatic rings. The van der Waals surface area contributed by atoms with Crippen molar-refractivity contribution in [1.29, 1.82) is 0 Å². The highest BCUT2D eigenvalue weighted by Gasteiger charge is 2.13. The normalized spacial score (nSPS) is 30.8. The van der Waals surface area contributed by atoms with E-state index >= 15 is 0 Å². The van der Waals surface area contributed by atoms with Gasteiger partial charge in [-0.15, -0.1) is 0 Å². The molecule has 1 nitrogen and oxygen atoms in total. The summed E-state index contributed by atoms with van der Waals surface area (Å²) in [4.78, 5) is 0. The Labute approximate surface area is 75.8 Å². The molecule has 0 bridgehead atoms. The minimum Gasteiger partial charge on any atom is -0.399 e. The Morgan fingerprint density at radius 1 is 1.36 bits per heavy atom. The molecule has 1 aliphatic carbocycles. The van der Waals surface area contributed by atoms with E-state index < -0.39 is 0 Å². The molecule has 0 amide bonds. The molecule has 60 valence electrons. The number of alkyl halides is 1. The summed E-state index contributed by atoms with van der Waals surface area (Å²) in [5.74, 6) is 0. The maximum Gasteiger partial charge on any atom is 0.0595 e. The molecule has 0 saturated carbocycles. The minimum absolute atomic E-state index is 0.0462. The van der Waals surface area contributed by atoms with Crippen molar-refractivity contribution in [3.8, 4) is 0 Å². The zero-order chi connectivity index (χ0) is 8.48. The Morgan fingerprint density at radius 3 is 2.55 bits per heavy atom. The molecule has 11 heavy (non-hydrogen) atoms. The van der Waals surface area contributed by atoms with E-state index in [0.29, 0.717) is 0 Å². The molecular formula is C9H12BrN. The summed E-state index contributed by atoms with van der Waals surface area (Å²) < 4.78 is -0.0462. The van der Waals surface area contributed by atoms with Gasteiger partial charge in [0.1, 0.15) is 0 Å². The first-order valence-electron chi connectivity index (χ1n) is 3.55. The molecular weight excluding hydrogens is 202 g/mol. The molecule has 0 aliphatic heterocycles. The molecule has 0 aromatic heterocycles. The first-order chi connectivity index (χ1) is 5.01. The van der Waals surface area contributed by atoms with Crippen molar-refractivity contribution in [2.24, 2.45) is 5.73 Å². The van der Waals surface area contributed by atoms with Gasteiger partial charge < -0.3 is 5.73 Å². The second-order valence-corrected chi connectivity index (χ2v) is 4.66. The van der Waals surface area contributed by atoms with Gasteiger partial charge in [0.25, 0.3) is 0 Å². The van der Waals surface area contributed by atoms with Crippen LogP contribution in [0.25, 0.3) is 0 Å². The van der Waals surface area contributed by atoms with Gasteiger partial charge in [-0.25, -0.2) is 0 Å². The van der Waals surface area contributed by atoms with E-state index in [2.05, 4.69) is 28.9 Å². The van der Waals surface area contributed by atoms with Crippen LogP contribution in [0.5, 0.6) is 0 Å². The third kappa shape index (κ3) is 2.22. The standard InChI is InChI=1S/C9H12BrN/c1-7-3-5-9(2,10)6-4-8(7)11/h3-6H,11H2,1-2H3. The summed E-state index contributed by atoms with van der Waals surface area (Å²) in [6, 6.07) is 0. The SMILES string of the molecule is CC1=C(N)C=CC(C)(Br)C=C1. The Kier molecular flexibility index (Phi) is 2.23. The van der Waals surface area contributed by atoms with Gasteiger partial charge in [0.2, 0.25) is 0 Å².